The summed E-state index contributed by atoms with van der Waals surface area (Å²) < 4.78 is 4.67. The molecule has 0 spiro atoms. The van der Waals surface area contributed by atoms with Gasteiger partial charge in [-0.25, -0.2) is 0 Å². The number of hydrogen-bond donors (Lipinski definition) is 0. The molecule has 0 aliphatic rings. The van der Waals surface area contributed by atoms with Crippen molar-refractivity contribution in [3.63, 3.8) is 0 Å². The van der Waals surface area contributed by atoms with E-state index in [1.54, 1.807) is 6.92 Å². The van der Waals surface area contributed by atoms with E-state index >= 15 is 0 Å². The number of hydrogen-bond acceptors (Lipinski definition) is 2. The van der Waals surface area contributed by atoms with Crippen molar-refractivity contribution < 1.29 is 62.6 Å². The summed E-state index contributed by atoms with van der Waals surface area (Å²) in [6.07, 6.45) is 3.94. The minimum Gasteiger partial charge on any atom is -0.554 e. The fourth-order valence-electron chi connectivity index (χ4n) is 0.249. The van der Waals surface area contributed by atoms with Gasteiger partial charge in [-0.15, -0.1) is 6.20 Å². The van der Waals surface area contributed by atoms with Gasteiger partial charge in [-0.1, -0.05) is 13.8 Å². The maximum Gasteiger partial charge on any atom is 1.00 e. The molecule has 0 unspecified atom stereocenters. The van der Waals surface area contributed by atoms with Crippen molar-refractivity contribution in [2.45, 2.75) is 20.8 Å². The SMILES string of the molecule is CC.Cc1[c-]nco1.[Rb+]. The molecule has 1 heterocycles. The topological polar surface area (TPSA) is 26.0 Å². The molecule has 0 aliphatic carbocycles. The van der Waals surface area contributed by atoms with Crippen LogP contribution in [0.25, 0.3) is 0 Å². The van der Waals surface area contributed by atoms with Gasteiger partial charge in [-0.05, 0) is 6.92 Å². The van der Waals surface area contributed by atoms with E-state index in [2.05, 4.69) is 15.6 Å². The number of nitrogens with zero attached hydrogens (tertiary/aromatic N) is 1. The van der Waals surface area contributed by atoms with Crippen LogP contribution in [0, 0.1) is 13.1 Å². The fraction of sp³-hybridized carbons (Fsp3) is 0.500. The number of rotatable bonds is 0. The Hall–Kier alpha value is 1.02. The Balaban J connectivity index is 0. The van der Waals surface area contributed by atoms with Crippen LogP contribution in [0.4, 0.5) is 0 Å². The first-order chi connectivity index (χ1) is 3.89. The number of oxazole rings is 1. The summed E-state index contributed by atoms with van der Waals surface area (Å²) in [5, 5.41) is 0. The predicted octanol–water partition coefficient (Wildman–Crippen LogP) is -1.19. The van der Waals surface area contributed by atoms with Gasteiger partial charge in [0.1, 0.15) is 0 Å². The number of aromatic nitrogens is 1. The predicted molar refractivity (Wildman–Crippen MR) is 31.4 cm³/mol. The van der Waals surface area contributed by atoms with E-state index in [1.165, 1.54) is 6.39 Å². The second-order valence-electron chi connectivity index (χ2n) is 1.02. The summed E-state index contributed by atoms with van der Waals surface area (Å²) in [6.45, 7) is 5.80. The van der Waals surface area contributed by atoms with Crippen molar-refractivity contribution in [3.8, 4) is 0 Å². The van der Waals surface area contributed by atoms with Crippen LogP contribution in [-0.4, -0.2) is 4.98 Å². The Bertz CT molecular complexity index is 117. The molecule has 46 valence electrons. The standard InChI is InChI=1S/C4H4NO.C2H6.Rb/c1-4-2-5-3-6-4;1-2;/h3H,1H3;1-2H3;/q-1;;+1. The van der Waals surface area contributed by atoms with Crippen LogP contribution in [0.3, 0.4) is 0 Å². The number of aryl methyl sites for hydroxylation is 1. The molecule has 0 aromatic carbocycles. The zero-order chi connectivity index (χ0) is 6.41. The Morgan fingerprint density at radius 3 is 2.22 bits per heavy atom. The normalized spacial score (nSPS) is 6.56. The third kappa shape index (κ3) is 6.91. The minimum atomic E-state index is 0. The summed E-state index contributed by atoms with van der Waals surface area (Å²) in [6, 6.07) is 0. The molecule has 0 aliphatic heterocycles. The molecule has 0 amide bonds. The van der Waals surface area contributed by atoms with Gasteiger partial charge in [0, 0.05) is 12.2 Å². The zero-order valence-electron chi connectivity index (χ0n) is 6.43. The summed E-state index contributed by atoms with van der Waals surface area (Å²) in [4.78, 5) is 3.53. The van der Waals surface area contributed by atoms with E-state index in [0.29, 0.717) is 0 Å². The van der Waals surface area contributed by atoms with E-state index in [1.807, 2.05) is 13.8 Å². The van der Waals surface area contributed by atoms with Crippen LogP contribution in [0.1, 0.15) is 19.6 Å². The van der Waals surface area contributed by atoms with Crippen molar-refractivity contribution in [1.82, 2.24) is 4.98 Å². The summed E-state index contributed by atoms with van der Waals surface area (Å²) in [5.41, 5.74) is 0. The molecule has 2 nitrogen and oxygen atoms in total. The molecule has 0 saturated carbocycles. The van der Waals surface area contributed by atoms with Crippen LogP contribution < -0.4 is 58.2 Å². The monoisotopic (exact) mass is 197 g/mol. The molecule has 0 saturated heterocycles. The molecule has 0 N–H and O–H groups in total. The molecule has 0 atom stereocenters. The van der Waals surface area contributed by atoms with Crippen molar-refractivity contribution >= 4 is 0 Å². The van der Waals surface area contributed by atoms with Gasteiger partial charge in [0.05, 0.1) is 0 Å². The second kappa shape index (κ2) is 9.02. The van der Waals surface area contributed by atoms with Gasteiger partial charge in [0.2, 0.25) is 0 Å². The van der Waals surface area contributed by atoms with E-state index < -0.39 is 0 Å². The molecular formula is C6H10NORb. The molecule has 0 radical (unpaired) electrons. The quantitative estimate of drug-likeness (QED) is 0.489. The van der Waals surface area contributed by atoms with Crippen molar-refractivity contribution in [2.24, 2.45) is 0 Å². The Kier molecular flexibility index (Phi) is 12.7. The largest absolute Gasteiger partial charge is 1.00 e. The van der Waals surface area contributed by atoms with Gasteiger partial charge < -0.3 is 9.40 Å². The fourth-order valence-corrected chi connectivity index (χ4v) is 0.249. The van der Waals surface area contributed by atoms with Crippen LogP contribution in [0.5, 0.6) is 0 Å². The maximum absolute atomic E-state index is 4.67. The van der Waals surface area contributed by atoms with Crippen molar-refractivity contribution in [3.05, 3.63) is 18.4 Å². The Morgan fingerprint density at radius 2 is 2.11 bits per heavy atom. The first kappa shape index (κ1) is 12.7. The van der Waals surface area contributed by atoms with Gasteiger partial charge in [0.15, 0.2) is 0 Å². The molecule has 0 fully saturated rings. The molecule has 0 bridgehead atoms. The molecule has 1 aromatic heterocycles. The molecule has 1 aromatic rings. The van der Waals surface area contributed by atoms with Gasteiger partial charge in [0.25, 0.3) is 0 Å². The molecule has 1 rings (SSSR count). The van der Waals surface area contributed by atoms with E-state index in [-0.39, 0.29) is 58.2 Å². The van der Waals surface area contributed by atoms with Crippen LogP contribution in [-0.2, 0) is 0 Å². The molecular weight excluding hydrogens is 188 g/mol. The average Bonchev–Trinajstić information content (AvgIpc) is 2.24. The van der Waals surface area contributed by atoms with Gasteiger partial charge in [-0.2, -0.15) is 0 Å². The molecule has 3 heteroatoms. The van der Waals surface area contributed by atoms with Crippen LogP contribution >= 0.6 is 0 Å². The zero-order valence-corrected chi connectivity index (χ0v) is 11.3. The Morgan fingerprint density at radius 1 is 1.56 bits per heavy atom. The van der Waals surface area contributed by atoms with Crippen LogP contribution in [0.2, 0.25) is 0 Å². The average molecular weight is 198 g/mol. The van der Waals surface area contributed by atoms with E-state index in [4.69, 9.17) is 0 Å². The maximum atomic E-state index is 4.67. The summed E-state index contributed by atoms with van der Waals surface area (Å²) in [7, 11) is 0. The van der Waals surface area contributed by atoms with Gasteiger partial charge in [-0.3, -0.25) is 0 Å². The first-order valence-electron chi connectivity index (χ1n) is 2.67. The summed E-state index contributed by atoms with van der Waals surface area (Å²) >= 11 is 0. The third-order valence-corrected chi connectivity index (χ3v) is 0.504. The smallest absolute Gasteiger partial charge is 0.554 e. The van der Waals surface area contributed by atoms with Crippen molar-refractivity contribution in [2.75, 3.05) is 0 Å². The summed E-state index contributed by atoms with van der Waals surface area (Å²) in [5.74, 6) is 0.731. The first-order valence-corrected chi connectivity index (χ1v) is 2.67. The molecule has 9 heavy (non-hydrogen) atoms. The Labute approximate surface area is 105 Å². The minimum absolute atomic E-state index is 0. The second-order valence-corrected chi connectivity index (χ2v) is 1.02. The van der Waals surface area contributed by atoms with E-state index in [0.717, 1.165) is 5.76 Å². The van der Waals surface area contributed by atoms with Crippen molar-refractivity contribution in [1.29, 1.82) is 0 Å². The third-order valence-electron chi connectivity index (χ3n) is 0.504. The van der Waals surface area contributed by atoms with Gasteiger partial charge >= 0.3 is 58.2 Å². The van der Waals surface area contributed by atoms with Crippen LogP contribution in [0.15, 0.2) is 10.8 Å². The van der Waals surface area contributed by atoms with E-state index in [9.17, 15) is 0 Å².